The number of allylic oxidation sites excluding steroid dienone is 4. The highest BCUT2D eigenvalue weighted by Gasteiger charge is 2.03. The van der Waals surface area contributed by atoms with Gasteiger partial charge in [-0.1, -0.05) is 40.3 Å². The first-order valence-electron chi connectivity index (χ1n) is 4.39. The van der Waals surface area contributed by atoms with Crippen molar-refractivity contribution in [2.45, 2.75) is 19.4 Å². The molecular formula is C10H19N2P. The number of nitrogens with one attached hydrogen (secondary N) is 1. The van der Waals surface area contributed by atoms with E-state index in [1.165, 1.54) is 5.57 Å². The summed E-state index contributed by atoms with van der Waals surface area (Å²) in [5.41, 5.74) is 6.76. The summed E-state index contributed by atoms with van der Waals surface area (Å²) in [7, 11) is 2.49. The second-order valence-corrected chi connectivity index (χ2v) is 3.11. The van der Waals surface area contributed by atoms with Crippen molar-refractivity contribution in [1.82, 2.24) is 5.09 Å². The van der Waals surface area contributed by atoms with Crippen molar-refractivity contribution < 1.29 is 0 Å². The number of nitrogens with two attached hydrogens (primary N) is 1. The van der Waals surface area contributed by atoms with Crippen LogP contribution in [-0.2, 0) is 0 Å². The van der Waals surface area contributed by atoms with Crippen LogP contribution in [0.25, 0.3) is 0 Å². The maximum Gasteiger partial charge on any atom is 0.0262 e. The first-order valence-corrected chi connectivity index (χ1v) is 4.96. The maximum absolute atomic E-state index is 5.56. The van der Waals surface area contributed by atoms with E-state index in [1.807, 2.05) is 25.2 Å². The molecule has 0 saturated heterocycles. The van der Waals surface area contributed by atoms with Crippen molar-refractivity contribution in [3.05, 3.63) is 36.5 Å². The second kappa shape index (κ2) is 8.18. The Morgan fingerprint density at radius 3 is 2.77 bits per heavy atom. The zero-order valence-electron chi connectivity index (χ0n) is 8.16. The number of hydrogen-bond acceptors (Lipinski definition) is 2. The zero-order chi connectivity index (χ0) is 10.1. The average Bonchev–Trinajstić information content (AvgIpc) is 2.19. The summed E-state index contributed by atoms with van der Waals surface area (Å²) in [6.45, 7) is 6.38. The lowest BCUT2D eigenvalue weighted by molar-refractivity contribution is 0.639. The summed E-state index contributed by atoms with van der Waals surface area (Å²) < 4.78 is 0. The summed E-state index contributed by atoms with van der Waals surface area (Å²) in [4.78, 5) is 0. The Morgan fingerprint density at radius 1 is 1.69 bits per heavy atom. The van der Waals surface area contributed by atoms with E-state index in [2.05, 4.69) is 27.1 Å². The molecule has 0 aliphatic carbocycles. The molecule has 74 valence electrons. The third kappa shape index (κ3) is 5.75. The van der Waals surface area contributed by atoms with Crippen LogP contribution in [0.4, 0.5) is 0 Å². The van der Waals surface area contributed by atoms with Crippen LogP contribution in [0.15, 0.2) is 36.5 Å². The SMILES string of the molecule is C=C/C(=C\C=C/C)CC(CN)NP. The standard InChI is InChI=1S/C10H19N2P/c1-3-5-6-9(4-2)7-10(8-11)12-13/h3-6,10,12H,2,7-8,11,13H2,1H3/b5-3-,9-6+. The Labute approximate surface area is 83.2 Å². The van der Waals surface area contributed by atoms with Crippen molar-refractivity contribution >= 4 is 9.39 Å². The molecule has 0 rings (SSSR count). The van der Waals surface area contributed by atoms with E-state index in [1.54, 1.807) is 0 Å². The number of hydrogen-bond donors (Lipinski definition) is 2. The van der Waals surface area contributed by atoms with E-state index in [0.717, 1.165) is 6.42 Å². The minimum Gasteiger partial charge on any atom is -0.329 e. The molecule has 13 heavy (non-hydrogen) atoms. The van der Waals surface area contributed by atoms with Crippen LogP contribution < -0.4 is 10.8 Å². The highest BCUT2D eigenvalue weighted by atomic mass is 31.0. The van der Waals surface area contributed by atoms with Gasteiger partial charge in [0, 0.05) is 12.6 Å². The molecular weight excluding hydrogens is 179 g/mol. The molecule has 3 heteroatoms. The molecule has 0 spiro atoms. The molecule has 0 aromatic rings. The largest absolute Gasteiger partial charge is 0.329 e. The van der Waals surface area contributed by atoms with E-state index in [9.17, 15) is 0 Å². The van der Waals surface area contributed by atoms with Crippen LogP contribution in [0.2, 0.25) is 0 Å². The summed E-state index contributed by atoms with van der Waals surface area (Å²) in [6, 6.07) is 0.305. The van der Waals surface area contributed by atoms with E-state index < -0.39 is 0 Å². The van der Waals surface area contributed by atoms with Gasteiger partial charge in [0.25, 0.3) is 0 Å². The van der Waals surface area contributed by atoms with Gasteiger partial charge in [-0.15, -0.1) is 0 Å². The molecule has 2 atom stereocenters. The van der Waals surface area contributed by atoms with Crippen LogP contribution in [0.3, 0.4) is 0 Å². The van der Waals surface area contributed by atoms with Crippen LogP contribution in [0.5, 0.6) is 0 Å². The monoisotopic (exact) mass is 198 g/mol. The predicted molar refractivity (Wildman–Crippen MR) is 63.4 cm³/mol. The van der Waals surface area contributed by atoms with E-state index in [0.29, 0.717) is 12.6 Å². The highest BCUT2D eigenvalue weighted by molar-refractivity contribution is 7.13. The first-order chi connectivity index (χ1) is 6.28. The van der Waals surface area contributed by atoms with Gasteiger partial charge in [0.1, 0.15) is 0 Å². The molecule has 0 aliphatic heterocycles. The summed E-state index contributed by atoms with van der Waals surface area (Å²) in [5, 5.41) is 3.07. The fourth-order valence-corrected chi connectivity index (χ4v) is 1.19. The van der Waals surface area contributed by atoms with Gasteiger partial charge in [0.2, 0.25) is 0 Å². The molecule has 0 aromatic carbocycles. The Morgan fingerprint density at radius 2 is 2.38 bits per heavy atom. The van der Waals surface area contributed by atoms with Gasteiger partial charge in [-0.25, -0.2) is 0 Å². The van der Waals surface area contributed by atoms with Crippen molar-refractivity contribution in [3.8, 4) is 0 Å². The second-order valence-electron chi connectivity index (χ2n) is 2.77. The molecule has 0 aromatic heterocycles. The molecule has 0 radical (unpaired) electrons. The maximum atomic E-state index is 5.56. The molecule has 0 amide bonds. The zero-order valence-corrected chi connectivity index (χ0v) is 9.32. The molecule has 0 aliphatic rings. The van der Waals surface area contributed by atoms with Gasteiger partial charge in [-0.3, -0.25) is 5.09 Å². The van der Waals surface area contributed by atoms with Crippen molar-refractivity contribution in [2.24, 2.45) is 5.73 Å². The van der Waals surface area contributed by atoms with Gasteiger partial charge in [0.15, 0.2) is 0 Å². The summed E-state index contributed by atoms with van der Waals surface area (Å²) in [6.07, 6.45) is 8.83. The lowest BCUT2D eigenvalue weighted by Gasteiger charge is -2.13. The van der Waals surface area contributed by atoms with Gasteiger partial charge >= 0.3 is 0 Å². The predicted octanol–water partition coefficient (Wildman–Crippen LogP) is 1.77. The van der Waals surface area contributed by atoms with E-state index >= 15 is 0 Å². The molecule has 0 fully saturated rings. The van der Waals surface area contributed by atoms with Gasteiger partial charge < -0.3 is 5.73 Å². The van der Waals surface area contributed by atoms with E-state index in [-0.39, 0.29) is 0 Å². The fourth-order valence-electron chi connectivity index (χ4n) is 0.934. The average molecular weight is 198 g/mol. The molecule has 2 unspecified atom stereocenters. The molecule has 0 heterocycles. The number of rotatable bonds is 6. The van der Waals surface area contributed by atoms with Gasteiger partial charge in [0.05, 0.1) is 0 Å². The Bertz CT molecular complexity index is 193. The molecule has 0 saturated carbocycles. The topological polar surface area (TPSA) is 38.0 Å². The van der Waals surface area contributed by atoms with Crippen molar-refractivity contribution in [1.29, 1.82) is 0 Å². The Balaban J connectivity index is 4.17. The lowest BCUT2D eigenvalue weighted by atomic mass is 10.1. The van der Waals surface area contributed by atoms with Crippen molar-refractivity contribution in [3.63, 3.8) is 0 Å². The summed E-state index contributed by atoms with van der Waals surface area (Å²) in [5.74, 6) is 0. The van der Waals surface area contributed by atoms with Crippen LogP contribution in [0, 0.1) is 0 Å². The minimum absolute atomic E-state index is 0.305. The van der Waals surface area contributed by atoms with Crippen LogP contribution >= 0.6 is 9.39 Å². The highest BCUT2D eigenvalue weighted by Crippen LogP contribution is 2.07. The lowest BCUT2D eigenvalue weighted by Crippen LogP contribution is -2.29. The fraction of sp³-hybridized carbons (Fsp3) is 0.400. The third-order valence-electron chi connectivity index (χ3n) is 1.77. The van der Waals surface area contributed by atoms with Crippen molar-refractivity contribution in [2.75, 3.05) is 6.54 Å². The Kier molecular flexibility index (Phi) is 7.91. The first kappa shape index (κ1) is 12.6. The molecule has 3 N–H and O–H groups in total. The Hall–Kier alpha value is -0.430. The smallest absolute Gasteiger partial charge is 0.0262 e. The van der Waals surface area contributed by atoms with Gasteiger partial charge in [-0.05, 0) is 18.9 Å². The normalized spacial score (nSPS) is 14.8. The van der Waals surface area contributed by atoms with E-state index in [4.69, 9.17) is 5.73 Å². The molecule has 2 nitrogen and oxygen atoms in total. The summed E-state index contributed by atoms with van der Waals surface area (Å²) >= 11 is 0. The third-order valence-corrected chi connectivity index (χ3v) is 2.24. The molecule has 0 bridgehead atoms. The minimum atomic E-state index is 0.305. The quantitative estimate of drug-likeness (QED) is 0.504. The van der Waals surface area contributed by atoms with Crippen LogP contribution in [0.1, 0.15) is 13.3 Å². The van der Waals surface area contributed by atoms with Gasteiger partial charge in [-0.2, -0.15) is 0 Å². The van der Waals surface area contributed by atoms with Crippen LogP contribution in [-0.4, -0.2) is 12.6 Å².